The van der Waals surface area contributed by atoms with E-state index in [1.165, 1.54) is 70.6 Å². The Bertz CT molecular complexity index is 1120. The lowest BCUT2D eigenvalue weighted by Gasteiger charge is -2.24. The maximum Gasteiger partial charge on any atom is 0.472 e. The minimum Gasteiger partial charge on any atom is -0.462 e. The highest BCUT2D eigenvalue weighted by atomic mass is 31.2. The number of phosphoric acid groups is 1. The molecule has 0 amide bonds. The topological polar surface area (TPSA) is 129 Å². The number of ether oxygens (including phenoxy) is 2. The van der Waals surface area contributed by atoms with E-state index in [-0.39, 0.29) is 32.2 Å². The van der Waals surface area contributed by atoms with Crippen LogP contribution in [-0.4, -0.2) is 86.1 Å². The average molecular weight is 813 g/mol. The first-order valence-electron chi connectivity index (χ1n) is 22.0. The number of esters is 2. The number of likely N-dealkylation sites (N-methyl/N-ethyl adjacent to an activating group) is 1. The van der Waals surface area contributed by atoms with Gasteiger partial charge in [-0.15, -0.1) is 0 Å². The average Bonchev–Trinajstić information content (AvgIpc) is 3.14. The number of rotatable bonds is 39. The summed E-state index contributed by atoms with van der Waals surface area (Å²) < 4.78 is 34.2. The molecule has 0 aromatic heterocycles. The van der Waals surface area contributed by atoms with E-state index in [4.69, 9.17) is 18.5 Å². The fraction of sp³-hybridized carbons (Fsp3) is 0.778. The van der Waals surface area contributed by atoms with E-state index in [0.29, 0.717) is 23.9 Å². The van der Waals surface area contributed by atoms with Crippen molar-refractivity contribution in [1.82, 2.24) is 0 Å². The van der Waals surface area contributed by atoms with Crippen molar-refractivity contribution in [2.45, 2.75) is 180 Å². The van der Waals surface area contributed by atoms with Crippen molar-refractivity contribution < 1.29 is 47.2 Å². The zero-order valence-corrected chi connectivity index (χ0v) is 37.1. The molecule has 0 rings (SSSR count). The van der Waals surface area contributed by atoms with Crippen LogP contribution in [-0.2, 0) is 32.7 Å². The third-order valence-corrected chi connectivity index (χ3v) is 10.2. The molecule has 1 unspecified atom stereocenters. The molecule has 0 saturated carbocycles. The highest BCUT2D eigenvalue weighted by molar-refractivity contribution is 7.47. The zero-order chi connectivity index (χ0) is 41.6. The van der Waals surface area contributed by atoms with Crippen LogP contribution in [0.2, 0.25) is 0 Å². The summed E-state index contributed by atoms with van der Waals surface area (Å²) in [6.45, 7) is 4.21. The molecule has 0 aromatic rings. The Morgan fingerprint density at radius 3 is 1.79 bits per heavy atom. The lowest BCUT2D eigenvalue weighted by Crippen LogP contribution is -2.37. The molecule has 10 nitrogen and oxygen atoms in total. The first kappa shape index (κ1) is 53.9. The van der Waals surface area contributed by atoms with Crippen LogP contribution in [0.5, 0.6) is 0 Å². The van der Waals surface area contributed by atoms with E-state index >= 15 is 0 Å². The number of hydrogen-bond acceptors (Lipinski definition) is 8. The molecule has 326 valence electrons. The van der Waals surface area contributed by atoms with Crippen molar-refractivity contribution in [3.63, 3.8) is 0 Å². The summed E-state index contributed by atoms with van der Waals surface area (Å²) in [5.41, 5.74) is 0. The number of phosphoric ester groups is 1. The van der Waals surface area contributed by atoms with E-state index < -0.39 is 32.5 Å². The molecule has 0 aromatic carbocycles. The van der Waals surface area contributed by atoms with Gasteiger partial charge in [-0.3, -0.25) is 18.6 Å². The largest absolute Gasteiger partial charge is 0.472 e. The maximum absolute atomic E-state index is 12.7. The number of carbonyl (C=O) groups is 2. The number of aliphatic hydroxyl groups excluding tert-OH is 1. The fourth-order valence-electron chi connectivity index (χ4n) is 5.70. The Hall–Kier alpha value is -2.07. The molecule has 0 aliphatic rings. The number of allylic oxidation sites excluding steroid dienone is 7. The van der Waals surface area contributed by atoms with Crippen molar-refractivity contribution >= 4 is 19.8 Å². The Morgan fingerprint density at radius 1 is 0.643 bits per heavy atom. The van der Waals surface area contributed by atoms with Crippen molar-refractivity contribution in [1.29, 1.82) is 0 Å². The lowest BCUT2D eigenvalue weighted by molar-refractivity contribution is -0.870. The third kappa shape index (κ3) is 40.1. The van der Waals surface area contributed by atoms with Crippen molar-refractivity contribution in [3.8, 4) is 0 Å². The predicted molar refractivity (Wildman–Crippen MR) is 230 cm³/mol. The van der Waals surface area contributed by atoms with Crippen molar-refractivity contribution in [2.75, 3.05) is 47.5 Å². The molecule has 0 aliphatic heterocycles. The van der Waals surface area contributed by atoms with Gasteiger partial charge in [-0.2, -0.15) is 0 Å². The minimum atomic E-state index is -4.40. The number of aliphatic hydroxyl groups is 1. The molecular formula is C45H83NO9P+. The monoisotopic (exact) mass is 813 g/mol. The first-order valence-corrected chi connectivity index (χ1v) is 23.5. The second-order valence-electron chi connectivity index (χ2n) is 15.9. The van der Waals surface area contributed by atoms with Gasteiger partial charge in [0.15, 0.2) is 6.10 Å². The van der Waals surface area contributed by atoms with Crippen LogP contribution >= 0.6 is 7.82 Å². The van der Waals surface area contributed by atoms with Crippen LogP contribution in [0.1, 0.15) is 168 Å². The summed E-state index contributed by atoms with van der Waals surface area (Å²) in [7, 11) is 1.41. The third-order valence-electron chi connectivity index (χ3n) is 9.22. The van der Waals surface area contributed by atoms with Gasteiger partial charge in [0.2, 0.25) is 0 Å². The van der Waals surface area contributed by atoms with Crippen LogP contribution in [0.4, 0.5) is 0 Å². The highest BCUT2D eigenvalue weighted by Crippen LogP contribution is 2.43. The standard InChI is InChI=1S/C45H82NO9P/c1-6-8-10-11-12-13-14-15-16-19-22-25-28-32-36-44(48)52-40-43(41-54-56(50,51)53-39-38-46(3,4)5)55-45(49)37-33-29-26-23-20-17-18-21-24-27-31-35-42(47)34-30-9-7-2/h17-18,23-24,26-27,31,35,42-43,47H,6-16,19-22,25,28-30,32-34,36-41H2,1-5H3/p+1/b18-17-,26-23-,27-24-,35-31+/t42-,43+/m0/s1. The molecule has 56 heavy (non-hydrogen) atoms. The number of hydrogen-bond donors (Lipinski definition) is 2. The number of carbonyl (C=O) groups excluding carboxylic acids is 2. The summed E-state index contributed by atoms with van der Waals surface area (Å²) in [5.74, 6) is -0.889. The predicted octanol–water partition coefficient (Wildman–Crippen LogP) is 11.3. The summed E-state index contributed by atoms with van der Waals surface area (Å²) in [6.07, 6.45) is 39.2. The van der Waals surface area contributed by atoms with Gasteiger partial charge in [0.05, 0.1) is 33.9 Å². The Labute approximate surface area is 342 Å². The smallest absolute Gasteiger partial charge is 0.462 e. The maximum atomic E-state index is 12.7. The van der Waals surface area contributed by atoms with E-state index in [0.717, 1.165) is 57.8 Å². The van der Waals surface area contributed by atoms with Gasteiger partial charge in [0.25, 0.3) is 0 Å². The van der Waals surface area contributed by atoms with Crippen LogP contribution in [0.3, 0.4) is 0 Å². The summed E-state index contributed by atoms with van der Waals surface area (Å²) >= 11 is 0. The van der Waals surface area contributed by atoms with E-state index in [1.54, 1.807) is 0 Å². The molecule has 0 aliphatic carbocycles. The molecule has 0 radical (unpaired) electrons. The highest BCUT2D eigenvalue weighted by Gasteiger charge is 2.27. The van der Waals surface area contributed by atoms with E-state index in [1.807, 2.05) is 57.6 Å². The lowest BCUT2D eigenvalue weighted by atomic mass is 10.0. The molecule has 11 heteroatoms. The van der Waals surface area contributed by atoms with Gasteiger partial charge in [-0.1, -0.05) is 165 Å². The summed E-state index contributed by atoms with van der Waals surface area (Å²) in [5, 5.41) is 9.91. The molecule has 3 atom stereocenters. The SMILES string of the molecule is CCCCCCCCCCCCCCCCC(=O)OC[C@H](COP(=O)(O)OCC[N+](C)(C)C)OC(=O)CCC/C=C\C/C=C\C/C=C\C=C\[C@@H](O)CCCCC. The van der Waals surface area contributed by atoms with Crippen LogP contribution in [0, 0.1) is 0 Å². The number of quaternary nitrogens is 1. The minimum absolute atomic E-state index is 0.0128. The van der Waals surface area contributed by atoms with Gasteiger partial charge >= 0.3 is 19.8 Å². The molecular weight excluding hydrogens is 729 g/mol. The summed E-state index contributed by atoms with van der Waals surface area (Å²) in [6, 6.07) is 0. The Kier molecular flexibility index (Phi) is 35.8. The molecule has 0 fully saturated rings. The van der Waals surface area contributed by atoms with E-state index in [9.17, 15) is 24.2 Å². The summed E-state index contributed by atoms with van der Waals surface area (Å²) in [4.78, 5) is 35.3. The molecule has 0 heterocycles. The van der Waals surface area contributed by atoms with Crippen molar-refractivity contribution in [3.05, 3.63) is 48.6 Å². The Balaban J connectivity index is 4.51. The first-order chi connectivity index (χ1) is 26.9. The van der Waals surface area contributed by atoms with Crippen molar-refractivity contribution in [2.24, 2.45) is 0 Å². The van der Waals surface area contributed by atoms with Crippen LogP contribution in [0.25, 0.3) is 0 Å². The van der Waals surface area contributed by atoms with Gasteiger partial charge < -0.3 is 24.0 Å². The quantitative estimate of drug-likeness (QED) is 0.0156. The fourth-order valence-corrected chi connectivity index (χ4v) is 6.45. The van der Waals surface area contributed by atoms with Gasteiger partial charge in [0.1, 0.15) is 19.8 Å². The second-order valence-corrected chi connectivity index (χ2v) is 17.4. The van der Waals surface area contributed by atoms with Crippen LogP contribution < -0.4 is 0 Å². The number of nitrogens with zero attached hydrogens (tertiary/aromatic N) is 1. The van der Waals surface area contributed by atoms with Gasteiger partial charge in [-0.05, 0) is 38.5 Å². The van der Waals surface area contributed by atoms with Crippen LogP contribution in [0.15, 0.2) is 48.6 Å². The molecule has 2 N–H and O–H groups in total. The Morgan fingerprint density at radius 2 is 1.18 bits per heavy atom. The molecule has 0 saturated heterocycles. The molecule has 0 bridgehead atoms. The normalized spacial score (nSPS) is 14.6. The second kappa shape index (κ2) is 37.2. The van der Waals surface area contributed by atoms with Gasteiger partial charge in [-0.25, -0.2) is 4.57 Å². The zero-order valence-electron chi connectivity index (χ0n) is 36.2. The molecule has 0 spiro atoms. The van der Waals surface area contributed by atoms with Gasteiger partial charge in [0, 0.05) is 12.8 Å². The number of unbranched alkanes of at least 4 members (excludes halogenated alkanes) is 16. The van der Waals surface area contributed by atoms with E-state index in [2.05, 4.69) is 26.0 Å².